The molecular weight excluding hydrogens is 513 g/mol. The third-order valence-corrected chi connectivity index (χ3v) is 7.38. The number of unbranched alkanes of at least 4 members (excludes halogenated alkanes) is 5. The third kappa shape index (κ3) is 9.59. The number of rotatable bonds is 14. The fourth-order valence-electron chi connectivity index (χ4n) is 4.83. The lowest BCUT2D eigenvalue weighted by Gasteiger charge is -2.36. The first-order valence-corrected chi connectivity index (χ1v) is 14.3. The molecule has 1 heterocycles. The van der Waals surface area contributed by atoms with Crippen molar-refractivity contribution in [3.63, 3.8) is 0 Å². The molecule has 0 bridgehead atoms. The van der Waals surface area contributed by atoms with Gasteiger partial charge in [-0.05, 0) is 37.1 Å². The van der Waals surface area contributed by atoms with E-state index >= 15 is 0 Å². The van der Waals surface area contributed by atoms with Crippen LogP contribution in [0.3, 0.4) is 0 Å². The second-order valence-corrected chi connectivity index (χ2v) is 10.4. The molecule has 9 nitrogen and oxygen atoms in total. The molecule has 0 aliphatic carbocycles. The smallest absolute Gasteiger partial charge is 0.317 e. The van der Waals surface area contributed by atoms with E-state index in [2.05, 4.69) is 17.1 Å². The summed E-state index contributed by atoms with van der Waals surface area (Å²) in [6.07, 6.45) is 6.90. The summed E-state index contributed by atoms with van der Waals surface area (Å²) in [4.78, 5) is 42.5. The van der Waals surface area contributed by atoms with Crippen LogP contribution in [0.2, 0.25) is 0 Å². The number of hydrogen-bond acceptors (Lipinski definition) is 5. The van der Waals surface area contributed by atoms with Gasteiger partial charge in [-0.15, -0.1) is 0 Å². The minimum atomic E-state index is -0.467. The summed E-state index contributed by atoms with van der Waals surface area (Å²) >= 11 is 0. The van der Waals surface area contributed by atoms with Crippen molar-refractivity contribution >= 4 is 17.6 Å². The van der Waals surface area contributed by atoms with Crippen LogP contribution in [-0.2, 0) is 6.54 Å². The molecule has 2 aromatic rings. The highest BCUT2D eigenvalue weighted by Gasteiger charge is 2.25. The molecule has 0 aromatic heterocycles. The van der Waals surface area contributed by atoms with Crippen LogP contribution in [-0.4, -0.2) is 77.4 Å². The molecule has 3 amide bonds. The monoisotopic (exact) mass is 555 g/mol. The normalized spacial score (nSPS) is 13.7. The average Bonchev–Trinajstić information content (AvgIpc) is 2.95. The third-order valence-electron chi connectivity index (χ3n) is 7.38. The average molecular weight is 556 g/mol. The van der Waals surface area contributed by atoms with Gasteiger partial charge in [0.05, 0.1) is 4.92 Å². The maximum atomic E-state index is 13.4. The van der Waals surface area contributed by atoms with Gasteiger partial charge in [0, 0.05) is 69.6 Å². The number of piperazine rings is 1. The van der Waals surface area contributed by atoms with Crippen molar-refractivity contribution in [2.45, 2.75) is 58.9 Å². The number of nitrogens with zero attached hydrogens (tertiary/aromatic N) is 4. The number of aryl methyl sites for hydroxylation is 1. The molecule has 10 heteroatoms. The zero-order valence-corrected chi connectivity index (χ0v) is 23.7. The molecule has 1 fully saturated rings. The Bertz CT molecular complexity index is 1120. The summed E-state index contributed by atoms with van der Waals surface area (Å²) in [5.74, 6) is -0.523. The van der Waals surface area contributed by atoms with E-state index in [-0.39, 0.29) is 23.4 Å². The van der Waals surface area contributed by atoms with Gasteiger partial charge < -0.3 is 15.1 Å². The van der Waals surface area contributed by atoms with E-state index in [1.165, 1.54) is 43.9 Å². The maximum Gasteiger partial charge on any atom is 0.317 e. The van der Waals surface area contributed by atoms with Gasteiger partial charge in [-0.25, -0.2) is 9.18 Å². The summed E-state index contributed by atoms with van der Waals surface area (Å²) in [5, 5.41) is 14.3. The second kappa shape index (κ2) is 15.9. The number of urea groups is 1. The lowest BCUT2D eigenvalue weighted by Crippen LogP contribution is -2.51. The molecule has 1 saturated heterocycles. The van der Waals surface area contributed by atoms with E-state index in [4.69, 9.17) is 0 Å². The zero-order chi connectivity index (χ0) is 28.9. The molecule has 0 saturated carbocycles. The van der Waals surface area contributed by atoms with Crippen LogP contribution in [0.15, 0.2) is 42.5 Å². The standard InChI is InChI=1S/C30H42FN5O4/c1-3-4-5-6-7-8-15-32-30(38)35(23-25-10-13-27(31)14-11-25)21-18-33-16-19-34(20-17-33)29(37)26-12-9-24(2)28(22-26)36(39)40/h9-14,22H,3-8,15-21,23H2,1-2H3,(H,32,38). The van der Waals surface area contributed by atoms with Crippen LogP contribution in [0.4, 0.5) is 14.9 Å². The summed E-state index contributed by atoms with van der Waals surface area (Å²) in [6.45, 7) is 8.28. The van der Waals surface area contributed by atoms with Gasteiger partial charge in [-0.3, -0.25) is 19.8 Å². The predicted molar refractivity (Wildman–Crippen MR) is 154 cm³/mol. The number of nitro groups is 1. The number of hydrogen-bond donors (Lipinski definition) is 1. The Balaban J connectivity index is 1.51. The van der Waals surface area contributed by atoms with Crippen LogP contribution in [0.5, 0.6) is 0 Å². The Labute approximate surface area is 236 Å². The number of nitrogens with one attached hydrogen (secondary N) is 1. The highest BCUT2D eigenvalue weighted by Crippen LogP contribution is 2.21. The molecule has 3 rings (SSSR count). The molecule has 40 heavy (non-hydrogen) atoms. The van der Waals surface area contributed by atoms with Gasteiger partial charge in [-0.1, -0.05) is 57.2 Å². The minimum absolute atomic E-state index is 0.0551. The molecular formula is C30H42FN5O4. The molecule has 0 spiro atoms. The van der Waals surface area contributed by atoms with Crippen molar-refractivity contribution in [2.24, 2.45) is 0 Å². The van der Waals surface area contributed by atoms with E-state index in [1.807, 2.05) is 0 Å². The number of carbonyl (C=O) groups is 2. The van der Waals surface area contributed by atoms with Crippen LogP contribution in [0.1, 0.15) is 66.9 Å². The summed E-state index contributed by atoms with van der Waals surface area (Å²) < 4.78 is 13.4. The van der Waals surface area contributed by atoms with Gasteiger partial charge >= 0.3 is 6.03 Å². The molecule has 1 N–H and O–H groups in total. The van der Waals surface area contributed by atoms with Gasteiger partial charge in [0.1, 0.15) is 5.82 Å². The Morgan fingerprint density at radius 3 is 2.35 bits per heavy atom. The zero-order valence-electron chi connectivity index (χ0n) is 23.7. The first kappa shape index (κ1) is 31.0. The lowest BCUT2D eigenvalue weighted by molar-refractivity contribution is -0.385. The highest BCUT2D eigenvalue weighted by molar-refractivity contribution is 5.95. The van der Waals surface area contributed by atoms with Gasteiger partial charge in [0.2, 0.25) is 0 Å². The Kier molecular flexibility index (Phi) is 12.3. The van der Waals surface area contributed by atoms with Gasteiger partial charge in [-0.2, -0.15) is 0 Å². The molecule has 1 aliphatic heterocycles. The Morgan fingerprint density at radius 1 is 1.00 bits per heavy atom. The van der Waals surface area contributed by atoms with E-state index in [0.29, 0.717) is 63.5 Å². The van der Waals surface area contributed by atoms with Crippen molar-refractivity contribution < 1.29 is 18.9 Å². The SMILES string of the molecule is CCCCCCCCNC(=O)N(CCN1CCN(C(=O)c2ccc(C)c([N+](=O)[O-])c2)CC1)Cc1ccc(F)cc1. The van der Waals surface area contributed by atoms with E-state index in [0.717, 1.165) is 18.4 Å². The van der Waals surface area contributed by atoms with Crippen LogP contribution in [0.25, 0.3) is 0 Å². The van der Waals surface area contributed by atoms with Crippen LogP contribution in [0, 0.1) is 22.9 Å². The number of amides is 3. The van der Waals surface area contributed by atoms with Crippen LogP contribution < -0.4 is 5.32 Å². The van der Waals surface area contributed by atoms with Crippen molar-refractivity contribution in [2.75, 3.05) is 45.8 Å². The molecule has 0 atom stereocenters. The van der Waals surface area contributed by atoms with Crippen LogP contribution >= 0.6 is 0 Å². The van der Waals surface area contributed by atoms with Crippen molar-refractivity contribution in [1.29, 1.82) is 0 Å². The van der Waals surface area contributed by atoms with Gasteiger partial charge in [0.15, 0.2) is 0 Å². The molecule has 0 unspecified atom stereocenters. The summed E-state index contributed by atoms with van der Waals surface area (Å²) in [5.41, 5.74) is 1.64. The molecule has 0 radical (unpaired) electrons. The fraction of sp³-hybridized carbons (Fsp3) is 0.533. The largest absolute Gasteiger partial charge is 0.338 e. The van der Waals surface area contributed by atoms with Crippen molar-refractivity contribution in [3.8, 4) is 0 Å². The Hall–Kier alpha value is -3.53. The molecule has 2 aromatic carbocycles. The fourth-order valence-corrected chi connectivity index (χ4v) is 4.83. The summed E-state index contributed by atoms with van der Waals surface area (Å²) in [7, 11) is 0. The topological polar surface area (TPSA) is 99.0 Å². The predicted octanol–water partition coefficient (Wildman–Crippen LogP) is 5.37. The van der Waals surface area contributed by atoms with E-state index in [1.54, 1.807) is 41.0 Å². The summed E-state index contributed by atoms with van der Waals surface area (Å²) in [6, 6.07) is 10.7. The highest BCUT2D eigenvalue weighted by atomic mass is 19.1. The Morgan fingerprint density at radius 2 is 1.68 bits per heavy atom. The number of carbonyl (C=O) groups excluding carboxylic acids is 2. The number of halogens is 1. The van der Waals surface area contributed by atoms with E-state index in [9.17, 15) is 24.1 Å². The first-order valence-electron chi connectivity index (χ1n) is 14.3. The number of benzene rings is 2. The minimum Gasteiger partial charge on any atom is -0.338 e. The second-order valence-electron chi connectivity index (χ2n) is 10.4. The van der Waals surface area contributed by atoms with Crippen molar-refractivity contribution in [3.05, 3.63) is 75.1 Å². The van der Waals surface area contributed by atoms with E-state index < -0.39 is 4.92 Å². The van der Waals surface area contributed by atoms with Gasteiger partial charge in [0.25, 0.3) is 11.6 Å². The van der Waals surface area contributed by atoms with Crippen molar-refractivity contribution in [1.82, 2.24) is 20.0 Å². The molecule has 218 valence electrons. The number of nitro benzene ring substituents is 1. The first-order chi connectivity index (χ1) is 19.3. The quantitative estimate of drug-likeness (QED) is 0.192. The lowest BCUT2D eigenvalue weighted by atomic mass is 10.1. The molecule has 1 aliphatic rings. The maximum absolute atomic E-state index is 13.4.